The molecule has 0 radical (unpaired) electrons. The van der Waals surface area contributed by atoms with Crippen molar-refractivity contribution in [1.82, 2.24) is 10.3 Å². The van der Waals surface area contributed by atoms with Crippen LogP contribution >= 0.6 is 11.3 Å². The molecule has 34 heavy (non-hydrogen) atoms. The molecule has 0 atom stereocenters. The number of ether oxygens (including phenoxy) is 3. The number of hydrogen-bond acceptors (Lipinski definition) is 12. The Hall–Kier alpha value is -4.57. The van der Waals surface area contributed by atoms with Gasteiger partial charge in [0.2, 0.25) is 5.75 Å². The molecule has 0 aliphatic heterocycles. The first-order chi connectivity index (χ1) is 16.3. The highest BCUT2D eigenvalue weighted by molar-refractivity contribution is 7.21. The van der Waals surface area contributed by atoms with Gasteiger partial charge in [0, 0.05) is 16.8 Å². The third-order valence-corrected chi connectivity index (χ3v) is 6.02. The predicted molar refractivity (Wildman–Crippen MR) is 122 cm³/mol. The average Bonchev–Trinajstić information content (AvgIpc) is 3.38. The number of nitriles is 1. The molecule has 174 valence electrons. The second-order valence-corrected chi connectivity index (χ2v) is 7.93. The van der Waals surface area contributed by atoms with Crippen LogP contribution in [0.5, 0.6) is 17.2 Å². The number of aryl methyl sites for hydroxylation is 1. The maximum absolute atomic E-state index is 12.9. The van der Waals surface area contributed by atoms with Crippen molar-refractivity contribution in [3.8, 4) is 34.4 Å². The Morgan fingerprint density at radius 3 is 2.41 bits per heavy atom. The standard InChI is InChI=1S/C21H19N7O5S/c1-28-8-13(33-27-28)25-20(29)18-16(23)15-14(10(7-22)19(24)26-21(15)34-18)9-5-11(30-2)17(32-4)12(6-9)31-3/h5-6,8H,1-4H3,(H4-,23,24,25,26,27,29). The number of nitrogens with two attached hydrogens (primary N) is 2. The zero-order valence-electron chi connectivity index (χ0n) is 18.6. The maximum Gasteiger partial charge on any atom is 0.320 e. The largest absolute Gasteiger partial charge is 0.857 e. The van der Waals surface area contributed by atoms with Crippen LogP contribution in [0.25, 0.3) is 21.3 Å². The van der Waals surface area contributed by atoms with E-state index in [1.54, 1.807) is 19.2 Å². The minimum atomic E-state index is -0.648. The molecule has 0 unspecified atom stereocenters. The van der Waals surface area contributed by atoms with Gasteiger partial charge in [-0.25, -0.2) is 9.98 Å². The van der Waals surface area contributed by atoms with Crippen molar-refractivity contribution >= 4 is 44.8 Å². The summed E-state index contributed by atoms with van der Waals surface area (Å²) in [6, 6.07) is 5.40. The minimum absolute atomic E-state index is 0.0133. The van der Waals surface area contributed by atoms with E-state index < -0.39 is 5.90 Å². The molecule has 3 aromatic heterocycles. The van der Waals surface area contributed by atoms with E-state index in [1.807, 2.05) is 0 Å². The Balaban J connectivity index is 2.03. The van der Waals surface area contributed by atoms with Crippen LogP contribution in [-0.2, 0) is 7.05 Å². The van der Waals surface area contributed by atoms with Crippen LogP contribution < -0.4 is 35.5 Å². The van der Waals surface area contributed by atoms with Gasteiger partial charge in [-0.05, 0) is 17.7 Å². The number of nitrogen functional groups attached to an aromatic ring is 2. The summed E-state index contributed by atoms with van der Waals surface area (Å²) in [6.45, 7) is 0. The number of nitrogens with zero attached hydrogens (tertiary/aromatic N) is 5. The zero-order chi connectivity index (χ0) is 24.6. The Morgan fingerprint density at radius 2 is 1.88 bits per heavy atom. The van der Waals surface area contributed by atoms with Gasteiger partial charge in [0.05, 0.1) is 31.9 Å². The summed E-state index contributed by atoms with van der Waals surface area (Å²) in [5.41, 5.74) is 13.6. The number of hydrogen-bond donors (Lipinski definition) is 2. The van der Waals surface area contributed by atoms with E-state index in [4.69, 9.17) is 30.2 Å². The van der Waals surface area contributed by atoms with Gasteiger partial charge < -0.3 is 30.8 Å². The number of fused-ring (bicyclic) bond motifs is 1. The third-order valence-electron chi connectivity index (χ3n) is 4.94. The molecule has 0 saturated carbocycles. The van der Waals surface area contributed by atoms with E-state index >= 15 is 0 Å². The number of methoxy groups -OCH3 is 3. The van der Waals surface area contributed by atoms with Gasteiger partial charge in [-0.2, -0.15) is 5.26 Å². The second-order valence-electron chi connectivity index (χ2n) is 6.93. The molecule has 0 saturated heterocycles. The summed E-state index contributed by atoms with van der Waals surface area (Å²) in [4.78, 5) is 8.69. The Kier molecular flexibility index (Phi) is 5.82. The summed E-state index contributed by atoms with van der Waals surface area (Å²) in [5, 5.41) is 26.8. The van der Waals surface area contributed by atoms with Gasteiger partial charge in [-0.15, -0.1) is 11.3 Å². The Bertz CT molecular complexity index is 1460. The van der Waals surface area contributed by atoms with Gasteiger partial charge in [0.1, 0.15) is 22.3 Å². The molecule has 4 rings (SSSR count). The average molecular weight is 481 g/mol. The van der Waals surface area contributed by atoms with Gasteiger partial charge >= 0.3 is 5.88 Å². The molecule has 12 nitrogen and oxygen atoms in total. The molecule has 0 aliphatic carbocycles. The molecule has 0 spiro atoms. The van der Waals surface area contributed by atoms with Crippen molar-refractivity contribution in [2.45, 2.75) is 0 Å². The topological polar surface area (TPSA) is 182 Å². The summed E-state index contributed by atoms with van der Waals surface area (Å²) in [6.07, 6.45) is 1.44. The molecular formula is C21H19N7O5S. The molecule has 4 N–H and O–H groups in total. The number of thiophene rings is 1. The summed E-state index contributed by atoms with van der Waals surface area (Å²) in [7, 11) is 6.06. The van der Waals surface area contributed by atoms with E-state index in [0.29, 0.717) is 38.6 Å². The highest BCUT2D eigenvalue weighted by Crippen LogP contribution is 2.47. The molecule has 13 heteroatoms. The van der Waals surface area contributed by atoms with Crippen LogP contribution in [0.1, 0.15) is 10.4 Å². The van der Waals surface area contributed by atoms with Crippen LogP contribution in [0.3, 0.4) is 0 Å². The van der Waals surface area contributed by atoms with E-state index in [1.165, 1.54) is 32.2 Å². The summed E-state index contributed by atoms with van der Waals surface area (Å²) < 4.78 is 22.6. The van der Waals surface area contributed by atoms with Crippen molar-refractivity contribution in [3.63, 3.8) is 0 Å². The predicted octanol–water partition coefficient (Wildman–Crippen LogP) is 1.28. The van der Waals surface area contributed by atoms with E-state index in [0.717, 1.165) is 11.3 Å². The Morgan fingerprint density at radius 1 is 1.21 bits per heavy atom. The smallest absolute Gasteiger partial charge is 0.320 e. The van der Waals surface area contributed by atoms with Crippen LogP contribution in [0.4, 0.5) is 17.4 Å². The molecule has 0 fully saturated rings. The number of rotatable bonds is 6. The first-order valence-corrected chi connectivity index (χ1v) is 10.4. The summed E-state index contributed by atoms with van der Waals surface area (Å²) >= 11 is 1.00. The molecule has 4 aromatic rings. The molecule has 0 bridgehead atoms. The number of aliphatic imine (C=N–C) groups is 1. The molecule has 0 aliphatic rings. The number of pyridine rings is 1. The highest BCUT2D eigenvalue weighted by Gasteiger charge is 2.24. The van der Waals surface area contributed by atoms with Gasteiger partial charge in [-0.1, -0.05) is 4.68 Å². The molecular weight excluding hydrogens is 462 g/mol. The fourth-order valence-electron chi connectivity index (χ4n) is 3.47. The monoisotopic (exact) mass is 481 g/mol. The number of benzene rings is 1. The van der Waals surface area contributed by atoms with E-state index in [2.05, 4.69) is 21.3 Å². The number of aromatic nitrogens is 3. The fraction of sp³-hybridized carbons (Fsp3) is 0.190. The molecule has 1 aromatic carbocycles. The van der Waals surface area contributed by atoms with Crippen molar-refractivity contribution in [2.75, 3.05) is 32.8 Å². The van der Waals surface area contributed by atoms with Crippen LogP contribution in [0.2, 0.25) is 0 Å². The van der Waals surface area contributed by atoms with Crippen molar-refractivity contribution in [1.29, 1.82) is 5.26 Å². The highest BCUT2D eigenvalue weighted by atomic mass is 32.1. The molecule has 0 amide bonds. The number of anilines is 2. The van der Waals surface area contributed by atoms with Crippen molar-refractivity contribution in [3.05, 3.63) is 28.8 Å². The quantitative estimate of drug-likeness (QED) is 0.231. The van der Waals surface area contributed by atoms with E-state index in [-0.39, 0.29) is 27.8 Å². The Labute approximate surface area is 197 Å². The van der Waals surface area contributed by atoms with Gasteiger partial charge in [0.15, 0.2) is 23.8 Å². The van der Waals surface area contributed by atoms with Crippen LogP contribution in [0, 0.1) is 11.3 Å². The molecule has 3 heterocycles. The lowest BCUT2D eigenvalue weighted by atomic mass is 9.96. The lowest BCUT2D eigenvalue weighted by molar-refractivity contribution is -0.739. The van der Waals surface area contributed by atoms with Gasteiger partial charge in [0.25, 0.3) is 6.20 Å². The van der Waals surface area contributed by atoms with Crippen LogP contribution in [-0.4, -0.2) is 37.5 Å². The zero-order valence-corrected chi connectivity index (χ0v) is 19.4. The first-order valence-electron chi connectivity index (χ1n) is 9.63. The van der Waals surface area contributed by atoms with Crippen LogP contribution in [0.15, 0.2) is 27.8 Å². The SMILES string of the molecule is COc1cc(-c2c(C#N)c(N)nc3sc(/C([O-])=N/c4c[n+](C)no4)c(N)c23)cc(OC)c1OC. The maximum atomic E-state index is 12.9. The van der Waals surface area contributed by atoms with Crippen molar-refractivity contribution < 1.29 is 28.5 Å². The normalized spacial score (nSPS) is 11.4. The fourth-order valence-corrected chi connectivity index (χ4v) is 4.47. The lowest BCUT2D eigenvalue weighted by Crippen LogP contribution is -2.27. The lowest BCUT2D eigenvalue weighted by Gasteiger charge is -2.16. The van der Waals surface area contributed by atoms with E-state index in [9.17, 15) is 10.4 Å². The third kappa shape index (κ3) is 3.65. The second kappa shape index (κ2) is 8.75. The first kappa shape index (κ1) is 22.6. The minimum Gasteiger partial charge on any atom is -0.857 e. The summed E-state index contributed by atoms with van der Waals surface area (Å²) in [5.74, 6) is 0.451. The van der Waals surface area contributed by atoms with Gasteiger partial charge in [-0.3, -0.25) is 4.52 Å². The van der Waals surface area contributed by atoms with Crippen molar-refractivity contribution in [2.24, 2.45) is 12.0 Å².